The van der Waals surface area contributed by atoms with Gasteiger partial charge in [0, 0.05) is 29.6 Å². The largest absolute Gasteiger partial charge is 0.490 e. The molecule has 1 aliphatic carbocycles. The summed E-state index contributed by atoms with van der Waals surface area (Å²) in [7, 11) is 0. The Hall–Kier alpha value is -2.52. The van der Waals surface area contributed by atoms with E-state index in [1.165, 1.54) is 22.2 Å². The van der Waals surface area contributed by atoms with E-state index in [1.807, 2.05) is 13.0 Å². The van der Waals surface area contributed by atoms with Crippen molar-refractivity contribution in [3.63, 3.8) is 0 Å². The molecule has 1 atom stereocenters. The third-order valence-corrected chi connectivity index (χ3v) is 8.18. The maximum absolute atomic E-state index is 13.3. The van der Waals surface area contributed by atoms with Crippen LogP contribution in [-0.2, 0) is 24.2 Å². The number of nitrogens with zero attached hydrogens (tertiary/aromatic N) is 2. The molecule has 0 bridgehead atoms. The molecule has 1 aliphatic heterocycles. The number of aromatic nitrogens is 2. The van der Waals surface area contributed by atoms with Crippen LogP contribution in [0.4, 0.5) is 5.69 Å². The van der Waals surface area contributed by atoms with Crippen molar-refractivity contribution in [2.75, 3.05) is 24.3 Å². The van der Waals surface area contributed by atoms with E-state index in [-0.39, 0.29) is 17.2 Å². The summed E-state index contributed by atoms with van der Waals surface area (Å²) in [6.45, 7) is 5.94. The molecule has 5 rings (SSSR count). The summed E-state index contributed by atoms with van der Waals surface area (Å²) in [4.78, 5) is 32.8. The summed E-state index contributed by atoms with van der Waals surface area (Å²) in [6.07, 6.45) is 3.90. The lowest BCUT2D eigenvalue weighted by molar-refractivity contribution is -0.113. The van der Waals surface area contributed by atoms with Crippen molar-refractivity contribution in [1.29, 1.82) is 0 Å². The van der Waals surface area contributed by atoms with Crippen LogP contribution in [0.15, 0.2) is 28.2 Å². The molecule has 0 radical (unpaired) electrons. The number of carbonyl (C=O) groups is 1. The summed E-state index contributed by atoms with van der Waals surface area (Å²) in [5.41, 5.74) is 1.86. The van der Waals surface area contributed by atoms with E-state index in [0.717, 1.165) is 35.9 Å². The van der Waals surface area contributed by atoms with Crippen LogP contribution in [0.5, 0.6) is 11.5 Å². The first-order valence-electron chi connectivity index (χ1n) is 11.4. The van der Waals surface area contributed by atoms with Gasteiger partial charge in [0.05, 0.1) is 24.4 Å². The van der Waals surface area contributed by atoms with E-state index in [2.05, 4.69) is 12.2 Å². The van der Waals surface area contributed by atoms with Gasteiger partial charge >= 0.3 is 0 Å². The molecule has 7 nitrogen and oxygen atoms in total. The molecular weight excluding hydrogens is 458 g/mol. The normalized spacial score (nSPS) is 17.5. The third-order valence-electron chi connectivity index (χ3n) is 6.06. The van der Waals surface area contributed by atoms with Gasteiger partial charge in [0.2, 0.25) is 5.91 Å². The Morgan fingerprint density at radius 2 is 2.12 bits per heavy atom. The fourth-order valence-corrected chi connectivity index (χ4v) is 6.65. The number of amides is 1. The zero-order chi connectivity index (χ0) is 22.9. The highest BCUT2D eigenvalue weighted by Crippen LogP contribution is 2.37. The molecule has 0 spiro atoms. The minimum Gasteiger partial charge on any atom is -0.490 e. The molecule has 1 aromatic carbocycles. The SMILES string of the molecule is CCn1c(SCC(=O)Nc2ccc3c(c2)OCCCO3)nc2sc3c(c2c1=O)CCC(C)C3. The average molecular weight is 486 g/mol. The average Bonchev–Trinajstić information content (AvgIpc) is 2.99. The van der Waals surface area contributed by atoms with Crippen LogP contribution < -0.4 is 20.3 Å². The van der Waals surface area contributed by atoms with E-state index in [4.69, 9.17) is 14.5 Å². The van der Waals surface area contributed by atoms with Crippen molar-refractivity contribution < 1.29 is 14.3 Å². The van der Waals surface area contributed by atoms with Gasteiger partial charge in [-0.15, -0.1) is 11.3 Å². The van der Waals surface area contributed by atoms with Crippen molar-refractivity contribution in [1.82, 2.24) is 9.55 Å². The number of anilines is 1. The van der Waals surface area contributed by atoms with Crippen LogP contribution in [0.2, 0.25) is 0 Å². The second kappa shape index (κ2) is 9.38. The van der Waals surface area contributed by atoms with Gasteiger partial charge in [-0.05, 0) is 49.8 Å². The molecule has 9 heteroatoms. The second-order valence-corrected chi connectivity index (χ2v) is 10.6. The number of rotatable bonds is 5. The van der Waals surface area contributed by atoms with Crippen molar-refractivity contribution in [2.45, 2.75) is 51.2 Å². The molecule has 1 N–H and O–H groups in total. The lowest BCUT2D eigenvalue weighted by atomic mass is 9.89. The quantitative estimate of drug-likeness (QED) is 0.423. The first-order chi connectivity index (χ1) is 16.0. The highest BCUT2D eigenvalue weighted by atomic mass is 32.2. The Morgan fingerprint density at radius 3 is 2.94 bits per heavy atom. The first-order valence-corrected chi connectivity index (χ1v) is 13.2. The smallest absolute Gasteiger partial charge is 0.263 e. The van der Waals surface area contributed by atoms with Gasteiger partial charge in [-0.2, -0.15) is 0 Å². The number of hydrogen-bond acceptors (Lipinski definition) is 7. The number of hydrogen-bond donors (Lipinski definition) is 1. The molecular formula is C24H27N3O4S2. The number of carbonyl (C=O) groups excluding carboxylic acids is 1. The second-order valence-electron chi connectivity index (χ2n) is 8.52. The van der Waals surface area contributed by atoms with Gasteiger partial charge < -0.3 is 14.8 Å². The molecule has 1 unspecified atom stereocenters. The monoisotopic (exact) mass is 485 g/mol. The van der Waals surface area contributed by atoms with Gasteiger partial charge in [-0.1, -0.05) is 18.7 Å². The zero-order valence-electron chi connectivity index (χ0n) is 18.8. The molecule has 0 saturated heterocycles. The third kappa shape index (κ3) is 4.48. The van der Waals surface area contributed by atoms with Gasteiger partial charge in [0.25, 0.3) is 5.56 Å². The molecule has 2 aliphatic rings. The minimum atomic E-state index is -0.161. The van der Waals surface area contributed by atoms with Crippen molar-refractivity contribution in [3.05, 3.63) is 39.0 Å². The number of ether oxygens (including phenoxy) is 2. The number of benzene rings is 1. The lowest BCUT2D eigenvalue weighted by Crippen LogP contribution is -2.24. The molecule has 174 valence electrons. The number of fused-ring (bicyclic) bond motifs is 4. The van der Waals surface area contributed by atoms with Crippen molar-refractivity contribution >= 4 is 44.9 Å². The molecule has 33 heavy (non-hydrogen) atoms. The number of thioether (sulfide) groups is 1. The predicted molar refractivity (Wildman–Crippen MR) is 132 cm³/mol. The summed E-state index contributed by atoms with van der Waals surface area (Å²) < 4.78 is 13.0. The number of thiophene rings is 1. The van der Waals surface area contributed by atoms with E-state index < -0.39 is 0 Å². The Balaban J connectivity index is 1.33. The van der Waals surface area contributed by atoms with Crippen LogP contribution in [0.1, 0.15) is 37.1 Å². The van der Waals surface area contributed by atoms with E-state index in [9.17, 15) is 9.59 Å². The van der Waals surface area contributed by atoms with E-state index in [1.54, 1.807) is 28.0 Å². The maximum atomic E-state index is 13.3. The Kier molecular flexibility index (Phi) is 6.34. The molecule has 3 aromatic rings. The number of nitrogens with one attached hydrogen (secondary N) is 1. The molecule has 0 saturated carbocycles. The fourth-order valence-electron chi connectivity index (χ4n) is 4.36. The summed E-state index contributed by atoms with van der Waals surface area (Å²) in [5, 5.41) is 4.28. The summed E-state index contributed by atoms with van der Waals surface area (Å²) in [5.74, 6) is 1.97. The van der Waals surface area contributed by atoms with Crippen molar-refractivity contribution in [3.8, 4) is 11.5 Å². The Labute approximate surface area is 200 Å². The summed E-state index contributed by atoms with van der Waals surface area (Å²) >= 11 is 2.94. The standard InChI is InChI=1S/C24H27N3O4S2/c1-3-27-23(29)21-16-7-5-14(2)11-19(16)33-22(21)26-24(27)32-13-20(28)25-15-6-8-17-18(12-15)31-10-4-9-30-17/h6,8,12,14H,3-5,7,9-11,13H2,1-2H3,(H,25,28). The van der Waals surface area contributed by atoms with Crippen LogP contribution in [-0.4, -0.2) is 34.4 Å². The van der Waals surface area contributed by atoms with Crippen LogP contribution >= 0.6 is 23.1 Å². The van der Waals surface area contributed by atoms with Crippen LogP contribution in [0.25, 0.3) is 10.2 Å². The Bertz CT molecular complexity index is 1270. The van der Waals surface area contributed by atoms with Gasteiger partial charge in [0.15, 0.2) is 16.7 Å². The highest BCUT2D eigenvalue weighted by Gasteiger charge is 2.24. The van der Waals surface area contributed by atoms with Crippen LogP contribution in [0, 0.1) is 5.92 Å². The first kappa shape index (κ1) is 22.3. The van der Waals surface area contributed by atoms with Gasteiger partial charge in [0.1, 0.15) is 4.83 Å². The molecule has 0 fully saturated rings. The minimum absolute atomic E-state index is 0.0142. The topological polar surface area (TPSA) is 82.5 Å². The van der Waals surface area contributed by atoms with Crippen LogP contribution in [0.3, 0.4) is 0 Å². The fraction of sp³-hybridized carbons (Fsp3) is 0.458. The molecule has 3 heterocycles. The maximum Gasteiger partial charge on any atom is 0.263 e. The molecule has 1 amide bonds. The molecule has 2 aromatic heterocycles. The van der Waals surface area contributed by atoms with Gasteiger partial charge in [-0.25, -0.2) is 4.98 Å². The highest BCUT2D eigenvalue weighted by molar-refractivity contribution is 7.99. The van der Waals surface area contributed by atoms with E-state index in [0.29, 0.717) is 48.0 Å². The van der Waals surface area contributed by atoms with Crippen molar-refractivity contribution in [2.24, 2.45) is 5.92 Å². The summed E-state index contributed by atoms with van der Waals surface area (Å²) in [6, 6.07) is 5.40. The Morgan fingerprint density at radius 1 is 1.30 bits per heavy atom. The predicted octanol–water partition coefficient (Wildman–Crippen LogP) is 4.49. The van der Waals surface area contributed by atoms with E-state index >= 15 is 0 Å². The number of aryl methyl sites for hydroxylation is 1. The zero-order valence-corrected chi connectivity index (χ0v) is 20.4. The lowest BCUT2D eigenvalue weighted by Gasteiger charge is -2.17. The van der Waals surface area contributed by atoms with Gasteiger partial charge in [-0.3, -0.25) is 14.2 Å².